The number of aryl methyl sites for hydroxylation is 2. The minimum absolute atomic E-state index is 0.0263. The van der Waals surface area contributed by atoms with Crippen molar-refractivity contribution in [1.82, 2.24) is 0 Å². The number of nitrogens with two attached hydrogens (primary N) is 2. The zero-order valence-electron chi connectivity index (χ0n) is 22.0. The van der Waals surface area contributed by atoms with Gasteiger partial charge in [-0.15, -0.1) is 0 Å². The van der Waals surface area contributed by atoms with Crippen LogP contribution in [0.2, 0.25) is 0 Å². The van der Waals surface area contributed by atoms with Gasteiger partial charge < -0.3 is 20.9 Å². The highest BCUT2D eigenvalue weighted by Crippen LogP contribution is 2.48. The molecule has 0 unspecified atom stereocenters. The number of rotatable bonds is 6. The molecule has 0 radical (unpaired) electrons. The molecule has 1 aliphatic carbocycles. The summed E-state index contributed by atoms with van der Waals surface area (Å²) in [5, 5.41) is 0. The Morgan fingerprint density at radius 1 is 0.622 bits per heavy atom. The Morgan fingerprint density at radius 3 is 1.41 bits per heavy atom. The van der Waals surface area contributed by atoms with Gasteiger partial charge >= 0.3 is 0 Å². The van der Waals surface area contributed by atoms with Gasteiger partial charge in [-0.05, 0) is 128 Å². The van der Waals surface area contributed by atoms with Crippen LogP contribution in [0, 0.1) is 19.8 Å². The van der Waals surface area contributed by atoms with Gasteiger partial charge in [-0.25, -0.2) is 0 Å². The molecule has 4 N–H and O–H groups in total. The second kappa shape index (κ2) is 10.2. The number of hydrogen-bond donors (Lipinski definition) is 2. The summed E-state index contributed by atoms with van der Waals surface area (Å²) in [5.74, 6) is 4.07. The lowest BCUT2D eigenvalue weighted by atomic mass is 9.63. The summed E-state index contributed by atoms with van der Waals surface area (Å²) in [4.78, 5) is 0. The van der Waals surface area contributed by atoms with Crippen molar-refractivity contribution in [1.29, 1.82) is 0 Å². The molecule has 0 aromatic heterocycles. The molecular formula is C33H36N2O2. The van der Waals surface area contributed by atoms with E-state index in [9.17, 15) is 0 Å². The van der Waals surface area contributed by atoms with Crippen molar-refractivity contribution >= 4 is 11.4 Å². The predicted octanol–water partition coefficient (Wildman–Crippen LogP) is 8.55. The van der Waals surface area contributed by atoms with Crippen molar-refractivity contribution < 1.29 is 9.47 Å². The smallest absolute Gasteiger partial charge is 0.130 e. The molecule has 37 heavy (non-hydrogen) atoms. The molecule has 1 saturated carbocycles. The zero-order valence-corrected chi connectivity index (χ0v) is 22.0. The van der Waals surface area contributed by atoms with Gasteiger partial charge in [-0.2, -0.15) is 0 Å². The van der Waals surface area contributed by atoms with Crippen LogP contribution >= 0.6 is 0 Å². The first kappa shape index (κ1) is 24.8. The molecule has 0 spiro atoms. The van der Waals surface area contributed by atoms with E-state index in [1.807, 2.05) is 48.5 Å². The van der Waals surface area contributed by atoms with E-state index in [0.29, 0.717) is 0 Å². The third-order valence-electron chi connectivity index (χ3n) is 7.80. The predicted molar refractivity (Wildman–Crippen MR) is 153 cm³/mol. The maximum absolute atomic E-state index is 6.18. The quantitative estimate of drug-likeness (QED) is 0.265. The standard InChI is InChI=1S/C33H36N2O2/c1-22-16-18-33(19-17-22,25-4-14-31(23(2)20-25)36-29-10-6-27(34)7-11-29)26-5-15-32(24(3)21-26)37-30-12-8-28(35)9-13-30/h4-15,20-22H,16-19,34-35H2,1-3H3. The highest BCUT2D eigenvalue weighted by atomic mass is 16.5. The molecule has 0 bridgehead atoms. The molecule has 4 aromatic carbocycles. The molecule has 0 aliphatic heterocycles. The Morgan fingerprint density at radius 2 is 1.03 bits per heavy atom. The van der Waals surface area contributed by atoms with Gasteiger partial charge in [-0.1, -0.05) is 31.2 Å². The molecule has 4 heteroatoms. The van der Waals surface area contributed by atoms with Gasteiger partial charge in [0.15, 0.2) is 0 Å². The van der Waals surface area contributed by atoms with Gasteiger partial charge in [0.2, 0.25) is 0 Å². The van der Waals surface area contributed by atoms with Gasteiger partial charge in [0.1, 0.15) is 23.0 Å². The minimum atomic E-state index is -0.0263. The molecule has 0 amide bonds. The fourth-order valence-corrected chi connectivity index (χ4v) is 5.45. The van der Waals surface area contributed by atoms with Crippen LogP contribution in [0.15, 0.2) is 84.9 Å². The molecule has 5 rings (SSSR count). The molecule has 0 saturated heterocycles. The molecular weight excluding hydrogens is 456 g/mol. The van der Waals surface area contributed by atoms with E-state index < -0.39 is 0 Å². The van der Waals surface area contributed by atoms with Crippen molar-refractivity contribution in [2.24, 2.45) is 5.92 Å². The summed E-state index contributed by atoms with van der Waals surface area (Å²) in [6, 6.07) is 28.4. The molecule has 4 nitrogen and oxygen atoms in total. The summed E-state index contributed by atoms with van der Waals surface area (Å²) in [7, 11) is 0. The minimum Gasteiger partial charge on any atom is -0.457 e. The summed E-state index contributed by atoms with van der Waals surface area (Å²) in [6.45, 7) is 6.63. The summed E-state index contributed by atoms with van der Waals surface area (Å²) in [5.41, 5.74) is 18.1. The van der Waals surface area contributed by atoms with Gasteiger partial charge in [0, 0.05) is 16.8 Å². The van der Waals surface area contributed by atoms with Crippen LogP contribution in [-0.4, -0.2) is 0 Å². The van der Waals surface area contributed by atoms with Crippen LogP contribution < -0.4 is 20.9 Å². The van der Waals surface area contributed by atoms with E-state index in [-0.39, 0.29) is 5.41 Å². The fourth-order valence-electron chi connectivity index (χ4n) is 5.45. The second-order valence-electron chi connectivity index (χ2n) is 10.6. The third kappa shape index (κ3) is 5.29. The summed E-state index contributed by atoms with van der Waals surface area (Å²) >= 11 is 0. The van der Waals surface area contributed by atoms with Crippen molar-refractivity contribution in [2.45, 2.75) is 51.9 Å². The highest BCUT2D eigenvalue weighted by molar-refractivity contribution is 5.51. The monoisotopic (exact) mass is 492 g/mol. The Labute approximate surface area is 220 Å². The average Bonchev–Trinajstić information content (AvgIpc) is 2.89. The van der Waals surface area contributed by atoms with E-state index >= 15 is 0 Å². The van der Waals surface area contributed by atoms with Crippen LogP contribution in [0.5, 0.6) is 23.0 Å². The Kier molecular flexibility index (Phi) is 6.84. The first-order valence-corrected chi connectivity index (χ1v) is 13.1. The molecule has 190 valence electrons. The molecule has 0 atom stereocenters. The molecule has 1 fully saturated rings. The number of hydrogen-bond acceptors (Lipinski definition) is 4. The van der Waals surface area contributed by atoms with Gasteiger partial charge in [-0.3, -0.25) is 0 Å². The van der Waals surface area contributed by atoms with E-state index in [1.54, 1.807) is 0 Å². The van der Waals surface area contributed by atoms with E-state index in [4.69, 9.17) is 20.9 Å². The van der Waals surface area contributed by atoms with Crippen LogP contribution in [-0.2, 0) is 5.41 Å². The second-order valence-corrected chi connectivity index (χ2v) is 10.6. The number of anilines is 2. The first-order chi connectivity index (χ1) is 17.8. The fraction of sp³-hybridized carbons (Fsp3) is 0.273. The molecule has 1 aliphatic rings. The van der Waals surface area contributed by atoms with E-state index in [2.05, 4.69) is 57.2 Å². The van der Waals surface area contributed by atoms with Crippen LogP contribution in [0.3, 0.4) is 0 Å². The Balaban J connectivity index is 1.46. The van der Waals surface area contributed by atoms with Crippen molar-refractivity contribution in [2.75, 3.05) is 11.5 Å². The zero-order chi connectivity index (χ0) is 26.0. The lowest BCUT2D eigenvalue weighted by Gasteiger charge is -2.41. The van der Waals surface area contributed by atoms with Crippen LogP contribution in [0.25, 0.3) is 0 Å². The maximum atomic E-state index is 6.18. The SMILES string of the molecule is Cc1cc(C2(c3ccc(Oc4ccc(N)cc4)c(C)c3)CCC(C)CC2)ccc1Oc1ccc(N)cc1. The highest BCUT2D eigenvalue weighted by Gasteiger charge is 2.38. The lowest BCUT2D eigenvalue weighted by Crippen LogP contribution is -2.32. The van der Waals surface area contributed by atoms with Crippen molar-refractivity contribution in [3.63, 3.8) is 0 Å². The average molecular weight is 493 g/mol. The lowest BCUT2D eigenvalue weighted by molar-refractivity contribution is 0.280. The van der Waals surface area contributed by atoms with Crippen molar-refractivity contribution in [3.8, 4) is 23.0 Å². The topological polar surface area (TPSA) is 70.5 Å². The van der Waals surface area contributed by atoms with Gasteiger partial charge in [0.25, 0.3) is 0 Å². The molecule has 4 aromatic rings. The Hall–Kier alpha value is -3.92. The summed E-state index contributed by atoms with van der Waals surface area (Å²) < 4.78 is 12.4. The maximum Gasteiger partial charge on any atom is 0.130 e. The summed E-state index contributed by atoms with van der Waals surface area (Å²) in [6.07, 6.45) is 4.68. The normalized spacial score (nSPS) is 15.3. The van der Waals surface area contributed by atoms with Crippen LogP contribution in [0.4, 0.5) is 11.4 Å². The van der Waals surface area contributed by atoms with Gasteiger partial charge in [0.05, 0.1) is 0 Å². The number of benzene rings is 4. The largest absolute Gasteiger partial charge is 0.457 e. The number of nitrogen functional groups attached to an aromatic ring is 2. The first-order valence-electron chi connectivity index (χ1n) is 13.1. The van der Waals surface area contributed by atoms with E-state index in [0.717, 1.165) is 64.3 Å². The van der Waals surface area contributed by atoms with Crippen molar-refractivity contribution in [3.05, 3.63) is 107 Å². The van der Waals surface area contributed by atoms with E-state index in [1.165, 1.54) is 24.0 Å². The van der Waals surface area contributed by atoms with Crippen LogP contribution in [0.1, 0.15) is 54.9 Å². The third-order valence-corrected chi connectivity index (χ3v) is 7.80. The molecule has 0 heterocycles. The number of ether oxygens (including phenoxy) is 2. The Bertz CT molecular complexity index is 1270.